The van der Waals surface area contributed by atoms with Crippen LogP contribution < -0.4 is 16.6 Å². The number of nitrogens with one attached hydrogen (secondary N) is 2. The summed E-state index contributed by atoms with van der Waals surface area (Å²) < 4.78 is 5.39. The third-order valence-electron chi connectivity index (χ3n) is 2.75. The van der Waals surface area contributed by atoms with E-state index in [0.29, 0.717) is 24.4 Å². The van der Waals surface area contributed by atoms with E-state index in [2.05, 4.69) is 17.7 Å². The molecule has 0 saturated carbocycles. The third kappa shape index (κ3) is 5.28. The molecule has 0 aliphatic heterocycles. The topological polar surface area (TPSA) is 76.4 Å². The van der Waals surface area contributed by atoms with Crippen molar-refractivity contribution in [3.05, 3.63) is 29.3 Å². The molecule has 0 saturated heterocycles. The van der Waals surface area contributed by atoms with Crippen LogP contribution in [0.1, 0.15) is 35.7 Å². The first-order valence-corrected chi connectivity index (χ1v) is 6.62. The highest BCUT2D eigenvalue weighted by molar-refractivity contribution is 5.99. The van der Waals surface area contributed by atoms with Gasteiger partial charge >= 0.3 is 0 Å². The van der Waals surface area contributed by atoms with Gasteiger partial charge in [-0.25, -0.2) is 0 Å². The molecule has 1 rings (SSSR count). The normalized spacial score (nSPS) is 10.3. The van der Waals surface area contributed by atoms with Crippen molar-refractivity contribution in [2.45, 2.75) is 26.7 Å². The van der Waals surface area contributed by atoms with Crippen LogP contribution in [0.4, 0.5) is 5.69 Å². The number of carbonyl (C=O) groups excluding carboxylic acids is 1. The number of aryl methyl sites for hydroxylation is 1. The molecule has 5 nitrogen and oxygen atoms in total. The summed E-state index contributed by atoms with van der Waals surface area (Å²) in [5.74, 6) is 5.25. The van der Waals surface area contributed by atoms with Crippen LogP contribution in [0.5, 0.6) is 0 Å². The van der Waals surface area contributed by atoms with E-state index in [9.17, 15) is 4.79 Å². The monoisotopic (exact) mass is 265 g/mol. The van der Waals surface area contributed by atoms with E-state index in [-0.39, 0.29) is 5.91 Å². The van der Waals surface area contributed by atoms with Crippen molar-refractivity contribution in [3.63, 3.8) is 0 Å². The van der Waals surface area contributed by atoms with Crippen molar-refractivity contribution < 1.29 is 9.53 Å². The summed E-state index contributed by atoms with van der Waals surface area (Å²) in [5.41, 5.74) is 4.72. The Hall–Kier alpha value is -1.59. The first-order valence-electron chi connectivity index (χ1n) is 6.62. The van der Waals surface area contributed by atoms with Crippen molar-refractivity contribution in [3.8, 4) is 0 Å². The number of anilines is 1. The summed E-state index contributed by atoms with van der Waals surface area (Å²) in [6.45, 7) is 5.82. The van der Waals surface area contributed by atoms with Crippen molar-refractivity contribution in [1.82, 2.24) is 5.32 Å². The lowest BCUT2D eigenvalue weighted by molar-refractivity contribution is 0.0913. The number of ether oxygens (including phenoxy) is 1. The molecule has 1 aromatic carbocycles. The van der Waals surface area contributed by atoms with E-state index >= 15 is 0 Å². The number of amides is 1. The molecule has 1 aromatic rings. The first kappa shape index (κ1) is 15.5. The Labute approximate surface area is 114 Å². The van der Waals surface area contributed by atoms with Crippen LogP contribution in [0.3, 0.4) is 0 Å². The SMILES string of the molecule is CCCCOCCNC(=O)c1cc(C)ccc1NN. The third-order valence-corrected chi connectivity index (χ3v) is 2.75. The summed E-state index contributed by atoms with van der Waals surface area (Å²) in [6.07, 6.45) is 2.16. The zero-order chi connectivity index (χ0) is 14.1. The fourth-order valence-electron chi connectivity index (χ4n) is 1.65. The van der Waals surface area contributed by atoms with Gasteiger partial charge in [-0.3, -0.25) is 10.6 Å². The average Bonchev–Trinajstić information content (AvgIpc) is 2.42. The molecule has 5 heteroatoms. The van der Waals surface area contributed by atoms with Gasteiger partial charge in [0.05, 0.1) is 17.9 Å². The van der Waals surface area contributed by atoms with E-state index in [4.69, 9.17) is 10.6 Å². The average molecular weight is 265 g/mol. The van der Waals surface area contributed by atoms with Gasteiger partial charge in [0.1, 0.15) is 0 Å². The van der Waals surface area contributed by atoms with Crippen LogP contribution in [0, 0.1) is 6.92 Å². The summed E-state index contributed by atoms with van der Waals surface area (Å²) in [5, 5.41) is 2.82. The van der Waals surface area contributed by atoms with Crippen molar-refractivity contribution in [2.75, 3.05) is 25.2 Å². The maximum Gasteiger partial charge on any atom is 0.253 e. The maximum absolute atomic E-state index is 12.0. The Morgan fingerprint density at radius 2 is 2.16 bits per heavy atom. The number of carbonyl (C=O) groups is 1. The molecule has 0 spiro atoms. The zero-order valence-electron chi connectivity index (χ0n) is 11.7. The smallest absolute Gasteiger partial charge is 0.253 e. The lowest BCUT2D eigenvalue weighted by atomic mass is 10.1. The quantitative estimate of drug-likeness (QED) is 0.381. The minimum atomic E-state index is -0.143. The molecule has 0 heterocycles. The second-order valence-corrected chi connectivity index (χ2v) is 4.42. The lowest BCUT2D eigenvalue weighted by Gasteiger charge is -2.10. The Morgan fingerprint density at radius 3 is 2.84 bits per heavy atom. The van der Waals surface area contributed by atoms with Crippen LogP contribution >= 0.6 is 0 Å². The lowest BCUT2D eigenvalue weighted by Crippen LogP contribution is -2.28. The highest BCUT2D eigenvalue weighted by Gasteiger charge is 2.10. The van der Waals surface area contributed by atoms with Crippen LogP contribution in [-0.2, 0) is 4.74 Å². The predicted molar refractivity (Wildman–Crippen MR) is 77.0 cm³/mol. The molecule has 0 unspecified atom stereocenters. The molecule has 0 atom stereocenters. The molecule has 1 amide bonds. The number of nitrogens with two attached hydrogens (primary N) is 1. The molecule has 0 aliphatic carbocycles. The van der Waals surface area contributed by atoms with E-state index in [1.54, 1.807) is 6.07 Å². The minimum Gasteiger partial charge on any atom is -0.380 e. The second-order valence-electron chi connectivity index (χ2n) is 4.42. The van der Waals surface area contributed by atoms with Crippen LogP contribution in [0.2, 0.25) is 0 Å². The Morgan fingerprint density at radius 1 is 1.37 bits per heavy atom. The fourth-order valence-corrected chi connectivity index (χ4v) is 1.65. The number of hydrogen-bond donors (Lipinski definition) is 3. The van der Waals surface area contributed by atoms with E-state index in [0.717, 1.165) is 25.0 Å². The highest BCUT2D eigenvalue weighted by atomic mass is 16.5. The number of rotatable bonds is 8. The van der Waals surface area contributed by atoms with Gasteiger partial charge in [0, 0.05) is 13.2 Å². The molecule has 106 valence electrons. The van der Waals surface area contributed by atoms with E-state index < -0.39 is 0 Å². The summed E-state index contributed by atoms with van der Waals surface area (Å²) in [6, 6.07) is 5.50. The number of hydrazine groups is 1. The largest absolute Gasteiger partial charge is 0.380 e. The molecule has 0 bridgehead atoms. The van der Waals surface area contributed by atoms with Gasteiger partial charge in [-0.15, -0.1) is 0 Å². The summed E-state index contributed by atoms with van der Waals surface area (Å²) in [4.78, 5) is 12.0. The fraction of sp³-hybridized carbons (Fsp3) is 0.500. The summed E-state index contributed by atoms with van der Waals surface area (Å²) in [7, 11) is 0. The molecule has 0 radical (unpaired) electrons. The van der Waals surface area contributed by atoms with Gasteiger partial charge in [0.25, 0.3) is 5.91 Å². The Balaban J connectivity index is 2.43. The Bertz CT molecular complexity index is 408. The number of nitrogen functional groups attached to an aromatic ring is 1. The number of unbranched alkanes of at least 4 members (excludes halogenated alkanes) is 1. The van der Waals surface area contributed by atoms with Gasteiger partial charge in [-0.2, -0.15) is 0 Å². The van der Waals surface area contributed by atoms with Crippen LogP contribution in [-0.4, -0.2) is 25.7 Å². The van der Waals surface area contributed by atoms with Crippen molar-refractivity contribution in [1.29, 1.82) is 0 Å². The minimum absolute atomic E-state index is 0.143. The van der Waals surface area contributed by atoms with E-state index in [1.165, 1.54) is 0 Å². The van der Waals surface area contributed by atoms with Crippen molar-refractivity contribution in [2.24, 2.45) is 5.84 Å². The van der Waals surface area contributed by atoms with Crippen molar-refractivity contribution >= 4 is 11.6 Å². The second kappa shape index (κ2) is 8.50. The molecule has 4 N–H and O–H groups in total. The Kier molecular flexibility index (Phi) is 6.92. The molecular formula is C14H23N3O2. The van der Waals surface area contributed by atoms with Gasteiger partial charge < -0.3 is 15.5 Å². The van der Waals surface area contributed by atoms with Gasteiger partial charge in [-0.05, 0) is 25.5 Å². The van der Waals surface area contributed by atoms with Gasteiger partial charge in [0.15, 0.2) is 0 Å². The zero-order valence-corrected chi connectivity index (χ0v) is 11.7. The van der Waals surface area contributed by atoms with E-state index in [1.807, 2.05) is 19.1 Å². The first-order chi connectivity index (χ1) is 9.19. The van der Waals surface area contributed by atoms with Crippen LogP contribution in [0.25, 0.3) is 0 Å². The number of hydrogen-bond acceptors (Lipinski definition) is 4. The molecule has 0 fully saturated rings. The van der Waals surface area contributed by atoms with Crippen LogP contribution in [0.15, 0.2) is 18.2 Å². The molecular weight excluding hydrogens is 242 g/mol. The predicted octanol–water partition coefficient (Wildman–Crippen LogP) is 1.83. The maximum atomic E-state index is 12.0. The van der Waals surface area contributed by atoms with Gasteiger partial charge in [-0.1, -0.05) is 25.0 Å². The standard InChI is InChI=1S/C14H23N3O2/c1-3-4-8-19-9-7-16-14(18)12-10-11(2)5-6-13(12)17-15/h5-6,10,17H,3-4,7-9,15H2,1-2H3,(H,16,18). The van der Waals surface area contributed by atoms with Gasteiger partial charge in [0.2, 0.25) is 0 Å². The molecule has 19 heavy (non-hydrogen) atoms. The molecule has 0 aliphatic rings. The highest BCUT2D eigenvalue weighted by Crippen LogP contribution is 2.15. The molecule has 0 aromatic heterocycles. The summed E-state index contributed by atoms with van der Waals surface area (Å²) >= 11 is 0. The number of benzene rings is 1.